The number of H-pyrrole nitrogens is 1. The molecule has 2 aromatic rings. The van der Waals surface area contributed by atoms with Gasteiger partial charge in [0.2, 0.25) is 11.8 Å². The molecule has 0 spiro atoms. The van der Waals surface area contributed by atoms with E-state index in [9.17, 15) is 4.79 Å². The lowest BCUT2D eigenvalue weighted by atomic mass is 9.40. The first-order valence-corrected chi connectivity index (χ1v) is 9.49. The van der Waals surface area contributed by atoms with Gasteiger partial charge in [-0.25, -0.2) is 4.98 Å². The Labute approximate surface area is 162 Å². The molecule has 4 aliphatic rings. The van der Waals surface area contributed by atoms with Crippen molar-refractivity contribution in [2.75, 3.05) is 43.6 Å². The highest BCUT2D eigenvalue weighted by molar-refractivity contribution is 5.97. The Hall–Kier alpha value is -2.65. The van der Waals surface area contributed by atoms with Crippen LogP contribution in [0.4, 0.5) is 11.6 Å². The highest BCUT2D eigenvalue weighted by Gasteiger charge is 2.72. The number of nitrogens with one attached hydrogen (secondary N) is 2. The summed E-state index contributed by atoms with van der Waals surface area (Å²) in [5.74, 6) is 2.40. The first-order valence-electron chi connectivity index (χ1n) is 9.49. The van der Waals surface area contributed by atoms with E-state index in [2.05, 4.69) is 25.4 Å². The van der Waals surface area contributed by atoms with Crippen molar-refractivity contribution in [2.24, 2.45) is 5.41 Å². The van der Waals surface area contributed by atoms with Crippen LogP contribution in [0, 0.1) is 5.41 Å². The second-order valence-electron chi connectivity index (χ2n) is 7.83. The number of hydrogen-bond donors (Lipinski definition) is 2. The van der Waals surface area contributed by atoms with Crippen molar-refractivity contribution in [1.82, 2.24) is 15.2 Å². The summed E-state index contributed by atoms with van der Waals surface area (Å²) >= 11 is 0. The van der Waals surface area contributed by atoms with Crippen LogP contribution in [0.2, 0.25) is 0 Å². The van der Waals surface area contributed by atoms with E-state index in [-0.39, 0.29) is 16.9 Å². The molecule has 1 amide bonds. The highest BCUT2D eigenvalue weighted by Crippen LogP contribution is 2.69. The van der Waals surface area contributed by atoms with Gasteiger partial charge in [-0.05, 0) is 31.4 Å². The van der Waals surface area contributed by atoms with Crippen LogP contribution < -0.4 is 15.0 Å². The predicted octanol–water partition coefficient (Wildman–Crippen LogP) is 1.94. The molecule has 0 aromatic carbocycles. The van der Waals surface area contributed by atoms with Gasteiger partial charge < -0.3 is 24.4 Å². The van der Waals surface area contributed by atoms with Gasteiger partial charge in [0.15, 0.2) is 0 Å². The maximum Gasteiger partial charge on any atom is 0.240 e. The Morgan fingerprint density at radius 2 is 2.07 bits per heavy atom. The summed E-state index contributed by atoms with van der Waals surface area (Å²) in [6.45, 7) is 3.11. The summed E-state index contributed by atoms with van der Waals surface area (Å²) in [5, 5.41) is 9.80. The standard InChI is InChI=1S/C19H23N5O4/c1-26-19-10-18(11-19,12-19)17(25)21-14-8-16(23-22-14)28-13-2-3-15(20-9-13)24-4-6-27-7-5-24/h2-3,8-9H,4-7,10-12H2,1H3,(H2,21,22,23,25). The van der Waals surface area contributed by atoms with Crippen molar-refractivity contribution < 1.29 is 19.0 Å². The van der Waals surface area contributed by atoms with Crippen LogP contribution in [0.15, 0.2) is 24.4 Å². The number of morpholine rings is 1. The topological polar surface area (TPSA) is 102 Å². The number of aromatic amines is 1. The van der Waals surface area contributed by atoms with Gasteiger partial charge in [0.1, 0.15) is 17.4 Å². The number of methoxy groups -OCH3 is 1. The van der Waals surface area contributed by atoms with Crippen LogP contribution in [-0.4, -0.2) is 60.1 Å². The van der Waals surface area contributed by atoms with E-state index >= 15 is 0 Å². The zero-order valence-electron chi connectivity index (χ0n) is 15.7. The minimum absolute atomic E-state index is 0.0122. The molecule has 6 rings (SSSR count). The van der Waals surface area contributed by atoms with Crippen LogP contribution in [0.1, 0.15) is 19.3 Å². The molecular formula is C19H23N5O4. The maximum absolute atomic E-state index is 12.5. The number of nitrogens with zero attached hydrogens (tertiary/aromatic N) is 3. The molecule has 0 atom stereocenters. The van der Waals surface area contributed by atoms with E-state index in [1.807, 2.05) is 12.1 Å². The summed E-state index contributed by atoms with van der Waals surface area (Å²) in [7, 11) is 1.71. The number of amides is 1. The molecule has 3 saturated carbocycles. The summed E-state index contributed by atoms with van der Waals surface area (Å²) in [6.07, 6.45) is 4.05. The first kappa shape index (κ1) is 17.4. The van der Waals surface area contributed by atoms with Crippen LogP contribution in [0.25, 0.3) is 0 Å². The second-order valence-corrected chi connectivity index (χ2v) is 7.83. The van der Waals surface area contributed by atoms with Gasteiger partial charge in [-0.3, -0.25) is 9.89 Å². The van der Waals surface area contributed by atoms with Crippen LogP contribution in [0.5, 0.6) is 11.6 Å². The number of pyridine rings is 1. The Kier molecular flexibility index (Phi) is 4.02. The maximum atomic E-state index is 12.5. The highest BCUT2D eigenvalue weighted by atomic mass is 16.5. The summed E-state index contributed by atoms with van der Waals surface area (Å²) in [4.78, 5) is 19.1. The molecule has 1 saturated heterocycles. The Morgan fingerprint density at radius 1 is 1.29 bits per heavy atom. The first-order chi connectivity index (χ1) is 13.6. The average molecular weight is 385 g/mol. The van der Waals surface area contributed by atoms with Crippen LogP contribution in [-0.2, 0) is 14.3 Å². The predicted molar refractivity (Wildman–Crippen MR) is 101 cm³/mol. The largest absolute Gasteiger partial charge is 0.436 e. The molecular weight excluding hydrogens is 362 g/mol. The average Bonchev–Trinajstić information content (AvgIpc) is 3.08. The van der Waals surface area contributed by atoms with Gasteiger partial charge in [0.05, 0.1) is 30.4 Å². The Bertz CT molecular complexity index is 855. The molecule has 2 bridgehead atoms. The van der Waals surface area contributed by atoms with Gasteiger partial charge in [-0.2, -0.15) is 0 Å². The lowest BCUT2D eigenvalue weighted by Gasteiger charge is -2.67. The molecule has 4 fully saturated rings. The molecule has 3 heterocycles. The van der Waals surface area contributed by atoms with E-state index in [0.29, 0.717) is 17.4 Å². The molecule has 9 heteroatoms. The normalized spacial score (nSPS) is 28.2. The SMILES string of the molecule is COC12CC(C(=O)Nc3cc(Oc4ccc(N5CCOCC5)nc4)n[nH]3)(C1)C2. The van der Waals surface area contributed by atoms with E-state index in [1.54, 1.807) is 19.4 Å². The zero-order valence-corrected chi connectivity index (χ0v) is 15.7. The second kappa shape index (κ2) is 6.46. The van der Waals surface area contributed by atoms with E-state index in [1.165, 1.54) is 0 Å². The molecule has 2 N–H and O–H groups in total. The van der Waals surface area contributed by atoms with E-state index in [0.717, 1.165) is 51.4 Å². The fourth-order valence-corrected chi connectivity index (χ4v) is 4.36. The minimum Gasteiger partial charge on any atom is -0.436 e. The van der Waals surface area contributed by atoms with Gasteiger partial charge in [-0.15, -0.1) is 5.10 Å². The molecule has 1 aliphatic heterocycles. The smallest absolute Gasteiger partial charge is 0.240 e. The molecule has 0 radical (unpaired) electrons. The van der Waals surface area contributed by atoms with Gasteiger partial charge >= 0.3 is 0 Å². The molecule has 148 valence electrons. The summed E-state index contributed by atoms with van der Waals surface area (Å²) in [5.41, 5.74) is -0.332. The van der Waals surface area contributed by atoms with E-state index < -0.39 is 0 Å². The number of aromatic nitrogens is 3. The number of rotatable bonds is 6. The monoisotopic (exact) mass is 385 g/mol. The Balaban J connectivity index is 1.17. The fourth-order valence-electron chi connectivity index (χ4n) is 4.36. The Morgan fingerprint density at radius 3 is 2.75 bits per heavy atom. The molecule has 28 heavy (non-hydrogen) atoms. The summed E-state index contributed by atoms with van der Waals surface area (Å²) in [6, 6.07) is 5.45. The third-order valence-corrected chi connectivity index (χ3v) is 5.98. The minimum atomic E-state index is -0.276. The number of carbonyl (C=O) groups is 1. The molecule has 2 aromatic heterocycles. The fraction of sp³-hybridized carbons (Fsp3) is 0.526. The third-order valence-electron chi connectivity index (χ3n) is 5.98. The van der Waals surface area contributed by atoms with Crippen molar-refractivity contribution in [3.05, 3.63) is 24.4 Å². The zero-order chi connectivity index (χ0) is 19.2. The van der Waals surface area contributed by atoms with Gasteiger partial charge in [0.25, 0.3) is 0 Å². The van der Waals surface area contributed by atoms with Crippen molar-refractivity contribution >= 4 is 17.5 Å². The quantitative estimate of drug-likeness (QED) is 0.783. The van der Waals surface area contributed by atoms with Gasteiger partial charge in [0, 0.05) is 26.3 Å². The van der Waals surface area contributed by atoms with Crippen molar-refractivity contribution in [2.45, 2.75) is 24.9 Å². The molecule has 3 aliphatic carbocycles. The number of carbonyl (C=O) groups excluding carboxylic acids is 1. The van der Waals surface area contributed by atoms with E-state index in [4.69, 9.17) is 14.2 Å². The van der Waals surface area contributed by atoms with Crippen molar-refractivity contribution in [3.63, 3.8) is 0 Å². The van der Waals surface area contributed by atoms with Crippen molar-refractivity contribution in [3.8, 4) is 11.6 Å². The van der Waals surface area contributed by atoms with Crippen molar-refractivity contribution in [1.29, 1.82) is 0 Å². The van der Waals surface area contributed by atoms with Crippen LogP contribution >= 0.6 is 0 Å². The molecule has 0 unspecified atom stereocenters. The molecule has 9 nitrogen and oxygen atoms in total. The lowest BCUT2D eigenvalue weighted by Crippen LogP contribution is -2.72. The van der Waals surface area contributed by atoms with Gasteiger partial charge in [-0.1, -0.05) is 0 Å². The number of hydrogen-bond acceptors (Lipinski definition) is 7. The number of ether oxygens (including phenoxy) is 3. The lowest BCUT2D eigenvalue weighted by molar-refractivity contribution is -0.260. The summed E-state index contributed by atoms with van der Waals surface area (Å²) < 4.78 is 16.5. The number of anilines is 2. The third kappa shape index (κ3) is 2.91. The van der Waals surface area contributed by atoms with Crippen LogP contribution in [0.3, 0.4) is 0 Å².